The minimum atomic E-state index is -0.934. The van der Waals surface area contributed by atoms with Crippen LogP contribution in [0.5, 0.6) is 0 Å². The predicted molar refractivity (Wildman–Crippen MR) is 165 cm³/mol. The number of H-pyrrole nitrogens is 2. The summed E-state index contributed by atoms with van der Waals surface area (Å²) in [6, 6.07) is 0. The molecule has 0 radical (unpaired) electrons. The number of nitrogens with one attached hydrogen (secondary N) is 3. The van der Waals surface area contributed by atoms with Crippen LogP contribution in [0.15, 0.2) is 58.3 Å². The number of hydrogen-bond donors (Lipinski definition) is 5. The van der Waals surface area contributed by atoms with Crippen molar-refractivity contribution in [1.29, 1.82) is 0 Å². The lowest BCUT2D eigenvalue weighted by atomic mass is 10.0. The summed E-state index contributed by atoms with van der Waals surface area (Å²) >= 11 is 0. The summed E-state index contributed by atoms with van der Waals surface area (Å²) in [6.07, 6.45) is 8.94. The minimum absolute atomic E-state index is 0.0801. The van der Waals surface area contributed by atoms with E-state index in [-0.39, 0.29) is 37.5 Å². The second kappa shape index (κ2) is 12.3. The molecule has 10 heteroatoms. The van der Waals surface area contributed by atoms with Gasteiger partial charge in [-0.3, -0.25) is 19.2 Å². The van der Waals surface area contributed by atoms with Crippen LogP contribution in [-0.4, -0.2) is 49.6 Å². The third-order valence-corrected chi connectivity index (χ3v) is 7.85. The molecule has 0 aromatic carbocycles. The van der Waals surface area contributed by atoms with Crippen molar-refractivity contribution in [3.05, 3.63) is 97.6 Å². The number of allylic oxidation sites excluding steroid dienone is 3. The third kappa shape index (κ3) is 6.18. The van der Waals surface area contributed by atoms with E-state index in [1.807, 2.05) is 19.9 Å². The number of aromatic nitrogens is 2. The molecule has 43 heavy (non-hydrogen) atoms. The fraction of sp³-hybridized carbons (Fsp3) is 0.242. The summed E-state index contributed by atoms with van der Waals surface area (Å²) in [4.78, 5) is 58.3. The predicted octanol–water partition coefficient (Wildman–Crippen LogP) is 3.06. The Balaban J connectivity index is 1.90. The number of amides is 2. The normalized spacial score (nSPS) is 16.9. The molecule has 0 saturated carbocycles. The zero-order chi connectivity index (χ0) is 31.6. The van der Waals surface area contributed by atoms with Crippen molar-refractivity contribution in [2.24, 2.45) is 4.99 Å². The average Bonchev–Trinajstić information content (AvgIpc) is 3.59. The van der Waals surface area contributed by atoms with Crippen molar-refractivity contribution < 1.29 is 29.4 Å². The molecule has 2 aliphatic rings. The number of carbonyl (C=O) groups is 4. The molecule has 222 valence electrons. The smallest absolute Gasteiger partial charge is 0.303 e. The number of carboxylic acids is 2. The summed E-state index contributed by atoms with van der Waals surface area (Å²) < 4.78 is 0. The van der Waals surface area contributed by atoms with Gasteiger partial charge in [-0.25, -0.2) is 4.99 Å². The van der Waals surface area contributed by atoms with Crippen molar-refractivity contribution in [2.45, 2.75) is 53.4 Å². The lowest BCUT2D eigenvalue weighted by molar-refractivity contribution is -0.138. The van der Waals surface area contributed by atoms with Gasteiger partial charge in [-0.1, -0.05) is 25.3 Å². The summed E-state index contributed by atoms with van der Waals surface area (Å²) in [6.45, 7) is 14.8. The maximum absolute atomic E-state index is 12.3. The Morgan fingerprint density at radius 2 is 1.40 bits per heavy atom. The van der Waals surface area contributed by atoms with Crippen LogP contribution < -0.4 is 16.0 Å². The number of carboxylic acid groups (broad SMARTS) is 2. The molecule has 0 fully saturated rings. The molecule has 0 saturated heterocycles. The Labute approximate surface area is 248 Å². The van der Waals surface area contributed by atoms with E-state index in [1.165, 1.54) is 0 Å². The number of aliphatic carboxylic acids is 2. The van der Waals surface area contributed by atoms with Crippen molar-refractivity contribution in [3.8, 4) is 0 Å². The van der Waals surface area contributed by atoms with E-state index in [0.717, 1.165) is 22.3 Å². The van der Waals surface area contributed by atoms with Gasteiger partial charge in [-0.2, -0.15) is 0 Å². The summed E-state index contributed by atoms with van der Waals surface area (Å²) in [5.41, 5.74) is 7.95. The van der Waals surface area contributed by atoms with Gasteiger partial charge in [-0.05, 0) is 81.0 Å². The van der Waals surface area contributed by atoms with Gasteiger partial charge < -0.3 is 25.5 Å². The maximum atomic E-state index is 12.3. The van der Waals surface area contributed by atoms with Gasteiger partial charge >= 0.3 is 11.9 Å². The first-order valence-corrected chi connectivity index (χ1v) is 13.8. The number of aromatic amines is 2. The van der Waals surface area contributed by atoms with Crippen LogP contribution in [0.25, 0.3) is 18.2 Å². The minimum Gasteiger partial charge on any atom is -0.481 e. The summed E-state index contributed by atoms with van der Waals surface area (Å²) in [5, 5.41) is 22.9. The van der Waals surface area contributed by atoms with E-state index in [0.29, 0.717) is 55.8 Å². The Morgan fingerprint density at radius 1 is 0.767 bits per heavy atom. The third-order valence-electron chi connectivity index (χ3n) is 7.85. The molecule has 4 rings (SSSR count). The highest BCUT2D eigenvalue weighted by Gasteiger charge is 2.23. The molecule has 0 spiro atoms. The Bertz CT molecular complexity index is 1860. The number of rotatable bonds is 11. The van der Waals surface area contributed by atoms with Crippen molar-refractivity contribution in [2.75, 3.05) is 0 Å². The molecule has 0 bridgehead atoms. The van der Waals surface area contributed by atoms with Crippen molar-refractivity contribution in [1.82, 2.24) is 15.3 Å². The van der Waals surface area contributed by atoms with Gasteiger partial charge in [0.05, 0.1) is 11.4 Å². The molecule has 2 aromatic heterocycles. The quantitative estimate of drug-likeness (QED) is 0.273. The molecule has 2 aromatic rings. The van der Waals surface area contributed by atoms with Crippen LogP contribution in [0, 0.1) is 13.8 Å². The van der Waals surface area contributed by atoms with E-state index in [9.17, 15) is 29.4 Å². The Morgan fingerprint density at radius 3 is 2.00 bits per heavy atom. The molecular formula is C33H34N4O6. The highest BCUT2D eigenvalue weighted by molar-refractivity contribution is 6.32. The van der Waals surface area contributed by atoms with Gasteiger partial charge in [0.25, 0.3) is 11.8 Å². The maximum Gasteiger partial charge on any atom is 0.303 e. The second-order valence-electron chi connectivity index (χ2n) is 10.5. The fourth-order valence-corrected chi connectivity index (χ4v) is 5.34. The van der Waals surface area contributed by atoms with Crippen LogP contribution in [0.4, 0.5) is 0 Å². The number of nitrogens with zero attached hydrogens (tertiary/aromatic N) is 1. The molecule has 2 amide bonds. The lowest BCUT2D eigenvalue weighted by Crippen LogP contribution is -2.15. The molecule has 0 atom stereocenters. The van der Waals surface area contributed by atoms with Crippen molar-refractivity contribution in [3.63, 3.8) is 0 Å². The SMILES string of the molecule is C=CC1=C(C)C(=O)N=C1C=c1[nH]c(=Cc2[nH]c(/C=C3\NC(=O)C(C)=C3C=C)c(CCC(=O)O)c2C)c(C)c1CCC(=O)O. The average molecular weight is 583 g/mol. The highest BCUT2D eigenvalue weighted by atomic mass is 16.4. The Hall–Kier alpha value is -5.25. The van der Waals surface area contributed by atoms with Crippen LogP contribution >= 0.6 is 0 Å². The summed E-state index contributed by atoms with van der Waals surface area (Å²) in [7, 11) is 0. The molecule has 4 heterocycles. The number of carbonyl (C=O) groups excluding carboxylic acids is 2. The van der Waals surface area contributed by atoms with Crippen molar-refractivity contribution >= 4 is 47.7 Å². The van der Waals surface area contributed by atoms with Gasteiger partial charge in [0.1, 0.15) is 0 Å². The van der Waals surface area contributed by atoms with E-state index in [4.69, 9.17) is 0 Å². The van der Waals surface area contributed by atoms with E-state index >= 15 is 0 Å². The van der Waals surface area contributed by atoms with E-state index in [2.05, 4.69) is 33.4 Å². The van der Waals surface area contributed by atoms with Gasteiger partial charge in [-0.15, -0.1) is 0 Å². The molecule has 2 aliphatic heterocycles. The van der Waals surface area contributed by atoms with Gasteiger partial charge in [0.2, 0.25) is 0 Å². The monoisotopic (exact) mass is 582 g/mol. The van der Waals surface area contributed by atoms with E-state index in [1.54, 1.807) is 38.2 Å². The first-order valence-electron chi connectivity index (χ1n) is 13.8. The molecular weight excluding hydrogens is 548 g/mol. The number of hydrogen-bond acceptors (Lipinski definition) is 4. The highest BCUT2D eigenvalue weighted by Crippen LogP contribution is 2.28. The van der Waals surface area contributed by atoms with E-state index < -0.39 is 11.9 Å². The van der Waals surface area contributed by atoms with Crippen LogP contribution in [0.2, 0.25) is 0 Å². The largest absolute Gasteiger partial charge is 0.481 e. The standard InChI is InChI=1S/C33H34N4O6/c1-7-20-18(5)32(42)36-26(20)14-28-22(9-11-30(38)39)16(3)24(34-28)13-25-17(4)23(10-12-31(40)41)29(35-25)15-27-21(8-2)19(6)33(43)37-27/h7-8,13-15,34-35H,1-2,9-12H2,3-6H3,(H,36,42)(H,38,39)(H,40,41)/b25-13?,26-14-,29-15?. The van der Waals surface area contributed by atoms with Gasteiger partial charge in [0.15, 0.2) is 0 Å². The molecule has 0 unspecified atom stereocenters. The van der Waals surface area contributed by atoms with Crippen LogP contribution in [0.1, 0.15) is 60.3 Å². The zero-order valence-corrected chi connectivity index (χ0v) is 24.6. The lowest BCUT2D eigenvalue weighted by Gasteiger charge is -2.04. The topological polar surface area (TPSA) is 165 Å². The first-order chi connectivity index (χ1) is 20.4. The number of aliphatic imine (C=N–C) groups is 1. The second-order valence-corrected chi connectivity index (χ2v) is 10.5. The van der Waals surface area contributed by atoms with Gasteiger partial charge in [0, 0.05) is 57.2 Å². The zero-order valence-electron chi connectivity index (χ0n) is 24.6. The molecule has 10 nitrogen and oxygen atoms in total. The summed E-state index contributed by atoms with van der Waals surface area (Å²) in [5.74, 6) is -2.43. The Kier molecular flexibility index (Phi) is 8.80. The molecule has 5 N–H and O–H groups in total. The van der Waals surface area contributed by atoms with Crippen LogP contribution in [0.3, 0.4) is 0 Å². The fourth-order valence-electron chi connectivity index (χ4n) is 5.34. The van der Waals surface area contributed by atoms with Crippen LogP contribution in [-0.2, 0) is 32.0 Å². The first kappa shape index (κ1) is 30.7. The molecule has 0 aliphatic carbocycles.